The van der Waals surface area contributed by atoms with Crippen molar-refractivity contribution >= 4 is 34.3 Å². The number of halogens is 1. The molecule has 0 spiro atoms. The maximum Gasteiger partial charge on any atom is 0.341 e. The highest BCUT2D eigenvalue weighted by molar-refractivity contribution is 7.17. The summed E-state index contributed by atoms with van der Waals surface area (Å²) in [5.74, 6) is -2.05. The minimum atomic E-state index is -1.03. The van der Waals surface area contributed by atoms with Gasteiger partial charge in [0.1, 0.15) is 16.4 Å². The van der Waals surface area contributed by atoms with Crippen molar-refractivity contribution in [3.63, 3.8) is 0 Å². The van der Waals surface area contributed by atoms with Crippen LogP contribution in [0.4, 0.5) is 14.2 Å². The zero-order chi connectivity index (χ0) is 20.0. The van der Waals surface area contributed by atoms with Gasteiger partial charge in [-0.2, -0.15) is 0 Å². The molecule has 0 aliphatic heterocycles. The molecule has 0 unspecified atom stereocenters. The van der Waals surface area contributed by atoms with Gasteiger partial charge >= 0.3 is 18.0 Å². The SMILES string of the molecule is CCOC(=O)c1c(NC(=O)NCCC(=O)O)sc(C)c1-c1ccc(F)cc1. The fraction of sp³-hybridized carbons (Fsp3) is 0.278. The molecule has 3 N–H and O–H groups in total. The molecule has 2 aromatic rings. The fourth-order valence-electron chi connectivity index (χ4n) is 2.43. The lowest BCUT2D eigenvalue weighted by Gasteiger charge is -2.09. The summed E-state index contributed by atoms with van der Waals surface area (Å²) in [5.41, 5.74) is 1.35. The third kappa shape index (κ3) is 5.27. The Morgan fingerprint density at radius 2 is 1.89 bits per heavy atom. The number of benzene rings is 1. The first-order valence-corrected chi connectivity index (χ1v) is 8.98. The highest BCUT2D eigenvalue weighted by Crippen LogP contribution is 2.40. The number of esters is 1. The number of rotatable bonds is 7. The molecule has 2 rings (SSSR count). The van der Waals surface area contributed by atoms with Crippen LogP contribution in [0, 0.1) is 12.7 Å². The molecule has 2 amide bonds. The van der Waals surface area contributed by atoms with E-state index < -0.39 is 23.8 Å². The molecule has 27 heavy (non-hydrogen) atoms. The summed E-state index contributed by atoms with van der Waals surface area (Å²) in [7, 11) is 0. The molecule has 0 fully saturated rings. The van der Waals surface area contributed by atoms with Crippen LogP contribution in [0.25, 0.3) is 11.1 Å². The number of hydrogen-bond acceptors (Lipinski definition) is 5. The number of aliphatic carboxylic acids is 1. The van der Waals surface area contributed by atoms with Crippen LogP contribution in [-0.4, -0.2) is 36.2 Å². The normalized spacial score (nSPS) is 10.3. The Bertz CT molecular complexity index is 848. The second-order valence-corrected chi connectivity index (χ2v) is 6.71. The van der Waals surface area contributed by atoms with Crippen LogP contribution < -0.4 is 10.6 Å². The van der Waals surface area contributed by atoms with Gasteiger partial charge in [0.2, 0.25) is 0 Å². The molecule has 1 aromatic carbocycles. The van der Waals surface area contributed by atoms with Gasteiger partial charge < -0.3 is 15.2 Å². The number of urea groups is 1. The first-order chi connectivity index (χ1) is 12.8. The minimum Gasteiger partial charge on any atom is -0.481 e. The number of nitrogens with one attached hydrogen (secondary N) is 2. The summed E-state index contributed by atoms with van der Waals surface area (Å²) in [6.45, 7) is 3.55. The maximum absolute atomic E-state index is 13.2. The van der Waals surface area contributed by atoms with E-state index in [-0.39, 0.29) is 30.1 Å². The van der Waals surface area contributed by atoms with Gasteiger partial charge in [0.05, 0.1) is 13.0 Å². The minimum absolute atomic E-state index is 0.0505. The van der Waals surface area contributed by atoms with E-state index in [1.54, 1.807) is 26.0 Å². The van der Waals surface area contributed by atoms with Crippen molar-refractivity contribution in [3.05, 3.63) is 40.5 Å². The van der Waals surface area contributed by atoms with Gasteiger partial charge in [-0.25, -0.2) is 14.0 Å². The van der Waals surface area contributed by atoms with Gasteiger partial charge in [-0.15, -0.1) is 11.3 Å². The molecule has 144 valence electrons. The van der Waals surface area contributed by atoms with Crippen molar-refractivity contribution < 1.29 is 28.6 Å². The van der Waals surface area contributed by atoms with E-state index in [0.717, 1.165) is 4.88 Å². The Morgan fingerprint density at radius 3 is 2.48 bits per heavy atom. The fourth-order valence-corrected chi connectivity index (χ4v) is 3.48. The molecule has 7 nitrogen and oxygen atoms in total. The lowest BCUT2D eigenvalue weighted by Crippen LogP contribution is -2.30. The zero-order valence-corrected chi connectivity index (χ0v) is 15.6. The molecule has 0 radical (unpaired) electrons. The molecular formula is C18H19FN2O5S. The van der Waals surface area contributed by atoms with E-state index in [4.69, 9.17) is 9.84 Å². The molecule has 0 atom stereocenters. The molecule has 0 aliphatic rings. The summed E-state index contributed by atoms with van der Waals surface area (Å²) < 4.78 is 18.3. The lowest BCUT2D eigenvalue weighted by atomic mass is 10.0. The summed E-state index contributed by atoms with van der Waals surface area (Å²) in [5, 5.41) is 13.9. The van der Waals surface area contributed by atoms with Crippen LogP contribution >= 0.6 is 11.3 Å². The second-order valence-electron chi connectivity index (χ2n) is 5.49. The van der Waals surface area contributed by atoms with Crippen LogP contribution in [-0.2, 0) is 9.53 Å². The van der Waals surface area contributed by atoms with Crippen LogP contribution in [0.2, 0.25) is 0 Å². The molecule has 0 saturated heterocycles. The predicted octanol–water partition coefficient (Wildman–Crippen LogP) is 3.64. The summed E-state index contributed by atoms with van der Waals surface area (Å²) in [6.07, 6.45) is -0.220. The standard InChI is InChI=1S/C18H19FN2O5S/c1-3-26-17(24)15-14(11-4-6-12(19)7-5-11)10(2)27-16(15)21-18(25)20-9-8-13(22)23/h4-7H,3,8-9H2,1-2H3,(H,22,23)(H2,20,21,25). The third-order valence-corrected chi connectivity index (χ3v) is 4.57. The molecule has 0 bridgehead atoms. The van der Waals surface area contributed by atoms with Gasteiger partial charge in [-0.05, 0) is 31.5 Å². The number of thiophene rings is 1. The van der Waals surface area contributed by atoms with E-state index in [1.165, 1.54) is 23.5 Å². The number of carbonyl (C=O) groups excluding carboxylic acids is 2. The van der Waals surface area contributed by atoms with Crippen molar-refractivity contribution in [1.29, 1.82) is 0 Å². The van der Waals surface area contributed by atoms with Gasteiger partial charge in [0.25, 0.3) is 0 Å². The van der Waals surface area contributed by atoms with Crippen LogP contribution in [0.1, 0.15) is 28.6 Å². The Kier molecular flexibility index (Phi) is 6.89. The third-order valence-electron chi connectivity index (χ3n) is 3.55. The Labute approximate surface area is 159 Å². The van der Waals surface area contributed by atoms with Crippen molar-refractivity contribution in [2.24, 2.45) is 0 Å². The Morgan fingerprint density at radius 1 is 1.22 bits per heavy atom. The number of carbonyl (C=O) groups is 3. The zero-order valence-electron chi connectivity index (χ0n) is 14.8. The van der Waals surface area contributed by atoms with Crippen molar-refractivity contribution in [2.45, 2.75) is 20.3 Å². The van der Waals surface area contributed by atoms with E-state index in [9.17, 15) is 18.8 Å². The summed E-state index contributed by atoms with van der Waals surface area (Å²) >= 11 is 1.18. The first kappa shape index (κ1) is 20.4. The van der Waals surface area contributed by atoms with Crippen LogP contribution in [0.15, 0.2) is 24.3 Å². The number of aryl methyl sites for hydroxylation is 1. The van der Waals surface area contributed by atoms with E-state index in [1.807, 2.05) is 0 Å². The highest BCUT2D eigenvalue weighted by Gasteiger charge is 2.25. The number of anilines is 1. The quantitative estimate of drug-likeness (QED) is 0.622. The largest absolute Gasteiger partial charge is 0.481 e. The molecule has 0 aliphatic carbocycles. The van der Waals surface area contributed by atoms with E-state index in [2.05, 4.69) is 10.6 Å². The number of hydrogen-bond donors (Lipinski definition) is 3. The molecule has 1 aromatic heterocycles. The number of ether oxygens (including phenoxy) is 1. The average Bonchev–Trinajstić information content (AvgIpc) is 2.91. The van der Waals surface area contributed by atoms with Gasteiger partial charge in [0, 0.05) is 17.0 Å². The van der Waals surface area contributed by atoms with Gasteiger partial charge in [-0.3, -0.25) is 10.1 Å². The van der Waals surface area contributed by atoms with Crippen molar-refractivity contribution in [3.8, 4) is 11.1 Å². The predicted molar refractivity (Wildman–Crippen MR) is 99.7 cm³/mol. The molecule has 9 heteroatoms. The smallest absolute Gasteiger partial charge is 0.341 e. The Balaban J connectivity index is 2.35. The van der Waals surface area contributed by atoms with Gasteiger partial charge in [-0.1, -0.05) is 12.1 Å². The van der Waals surface area contributed by atoms with Crippen molar-refractivity contribution in [2.75, 3.05) is 18.5 Å². The number of carboxylic acids is 1. The lowest BCUT2D eigenvalue weighted by molar-refractivity contribution is -0.136. The average molecular weight is 394 g/mol. The second kappa shape index (κ2) is 9.13. The number of carboxylic acid groups (broad SMARTS) is 1. The van der Waals surface area contributed by atoms with Crippen LogP contribution in [0.3, 0.4) is 0 Å². The topological polar surface area (TPSA) is 105 Å². The van der Waals surface area contributed by atoms with Crippen molar-refractivity contribution in [1.82, 2.24) is 5.32 Å². The Hall–Kier alpha value is -2.94. The molecular weight excluding hydrogens is 375 g/mol. The summed E-state index contributed by atoms with van der Waals surface area (Å²) in [4.78, 5) is 35.8. The van der Waals surface area contributed by atoms with Crippen LogP contribution in [0.5, 0.6) is 0 Å². The monoisotopic (exact) mass is 394 g/mol. The van der Waals surface area contributed by atoms with E-state index >= 15 is 0 Å². The van der Waals surface area contributed by atoms with Gasteiger partial charge in [0.15, 0.2) is 0 Å². The summed E-state index contributed by atoms with van der Waals surface area (Å²) in [6, 6.07) is 5.03. The van der Waals surface area contributed by atoms with E-state index in [0.29, 0.717) is 11.1 Å². The first-order valence-electron chi connectivity index (χ1n) is 8.16. The maximum atomic E-state index is 13.2. The molecule has 0 saturated carbocycles. The number of amides is 2. The molecule has 1 heterocycles. The highest BCUT2D eigenvalue weighted by atomic mass is 32.1.